The highest BCUT2D eigenvalue weighted by molar-refractivity contribution is 7.21. The first kappa shape index (κ1) is 17.2. The first-order chi connectivity index (χ1) is 9.09. The highest BCUT2D eigenvalue weighted by Gasteiger charge is 2.17. The minimum atomic E-state index is -0.329. The quantitative estimate of drug-likeness (QED) is 0.595. The third-order valence-electron chi connectivity index (χ3n) is 2.70. The van der Waals surface area contributed by atoms with Crippen molar-refractivity contribution in [1.29, 1.82) is 0 Å². The molecule has 0 radical (unpaired) electrons. The van der Waals surface area contributed by atoms with Gasteiger partial charge in [-0.2, -0.15) is 0 Å². The Morgan fingerprint density at radius 2 is 2.05 bits per heavy atom. The average molecular weight is 333 g/mol. The monoisotopic (exact) mass is 332 g/mol. The molecule has 0 saturated heterocycles. The van der Waals surface area contributed by atoms with Crippen LogP contribution in [-0.2, 0) is 4.74 Å². The molecule has 0 aliphatic heterocycles. The van der Waals surface area contributed by atoms with E-state index in [-0.39, 0.29) is 18.4 Å². The largest absolute Gasteiger partial charge is 1.00 e. The molecule has 20 heavy (non-hydrogen) atoms. The summed E-state index contributed by atoms with van der Waals surface area (Å²) in [6.07, 6.45) is 0.821. The lowest BCUT2D eigenvalue weighted by molar-refractivity contribution is -0.0000221. The van der Waals surface area contributed by atoms with Crippen LogP contribution >= 0.6 is 22.9 Å². The second kappa shape index (κ2) is 7.84. The average Bonchev–Trinajstić information content (AvgIpc) is 2.72. The zero-order valence-electron chi connectivity index (χ0n) is 11.4. The standard InChI is InChI=1S/C14H16ClNO2S.ClH/c1-16(2)8-5-9-18-14(17)13-12(15)10-6-3-4-7-11(10)19-13;/h3-4,6-7H,5,8-9H2,1-2H3;1H/p-1. The number of nitrogens with zero attached hydrogens (tertiary/aromatic N) is 1. The highest BCUT2D eigenvalue weighted by Crippen LogP contribution is 2.35. The van der Waals surface area contributed by atoms with E-state index in [2.05, 4.69) is 4.90 Å². The number of benzene rings is 1. The zero-order valence-corrected chi connectivity index (χ0v) is 13.7. The van der Waals surface area contributed by atoms with Crippen molar-refractivity contribution in [3.63, 3.8) is 0 Å². The molecule has 6 heteroatoms. The molecule has 2 aromatic rings. The summed E-state index contributed by atoms with van der Waals surface area (Å²) in [7, 11) is 3.98. The fraction of sp³-hybridized carbons (Fsp3) is 0.357. The van der Waals surface area contributed by atoms with Gasteiger partial charge in [0.15, 0.2) is 0 Å². The van der Waals surface area contributed by atoms with Gasteiger partial charge in [0.05, 0.1) is 11.6 Å². The normalized spacial score (nSPS) is 10.6. The zero-order chi connectivity index (χ0) is 13.8. The van der Waals surface area contributed by atoms with E-state index in [1.165, 1.54) is 11.3 Å². The number of fused-ring (bicyclic) bond motifs is 1. The SMILES string of the molecule is CN(C)CCCOC(=O)c1sc2ccccc2c1Cl.[Cl-]. The van der Waals surface area contributed by atoms with Crippen LogP contribution in [0.15, 0.2) is 24.3 Å². The Morgan fingerprint density at radius 3 is 2.70 bits per heavy atom. The molecule has 0 aliphatic carbocycles. The summed E-state index contributed by atoms with van der Waals surface area (Å²) in [6.45, 7) is 1.31. The molecule has 2 rings (SSSR count). The molecule has 3 nitrogen and oxygen atoms in total. The predicted octanol–water partition coefficient (Wildman–Crippen LogP) is 0.667. The summed E-state index contributed by atoms with van der Waals surface area (Å²) in [4.78, 5) is 14.5. The minimum Gasteiger partial charge on any atom is -1.00 e. The van der Waals surface area contributed by atoms with Crippen LogP contribution in [0.4, 0.5) is 0 Å². The summed E-state index contributed by atoms with van der Waals surface area (Å²) >= 11 is 7.60. The molecule has 1 aromatic carbocycles. The Bertz CT molecular complexity index is 584. The Kier molecular flexibility index (Phi) is 6.76. The maximum atomic E-state index is 12.0. The van der Waals surface area contributed by atoms with Gasteiger partial charge in [-0.25, -0.2) is 4.79 Å². The first-order valence-corrected chi connectivity index (χ1v) is 7.28. The van der Waals surface area contributed by atoms with Gasteiger partial charge in [-0.3, -0.25) is 0 Å². The van der Waals surface area contributed by atoms with Crippen LogP contribution in [0.2, 0.25) is 5.02 Å². The van der Waals surface area contributed by atoms with Crippen molar-refractivity contribution in [3.8, 4) is 0 Å². The van der Waals surface area contributed by atoms with Gasteiger partial charge < -0.3 is 22.0 Å². The lowest BCUT2D eigenvalue weighted by atomic mass is 10.2. The smallest absolute Gasteiger partial charge is 0.349 e. The van der Waals surface area contributed by atoms with Crippen molar-refractivity contribution < 1.29 is 21.9 Å². The first-order valence-electron chi connectivity index (χ1n) is 6.08. The van der Waals surface area contributed by atoms with E-state index in [1.54, 1.807) is 0 Å². The molecule has 0 atom stereocenters. The Labute approximate surface area is 133 Å². The molecule has 0 fully saturated rings. The molecule has 0 spiro atoms. The molecule has 1 aromatic heterocycles. The van der Waals surface area contributed by atoms with Crippen molar-refractivity contribution in [2.75, 3.05) is 27.2 Å². The molecule has 0 bridgehead atoms. The van der Waals surface area contributed by atoms with E-state index < -0.39 is 0 Å². The lowest BCUT2D eigenvalue weighted by Crippen LogP contribution is -3.00. The molecular formula is C14H16Cl2NO2S-. The van der Waals surface area contributed by atoms with Crippen molar-refractivity contribution in [3.05, 3.63) is 34.2 Å². The van der Waals surface area contributed by atoms with Crippen molar-refractivity contribution in [1.82, 2.24) is 4.90 Å². The van der Waals surface area contributed by atoms with E-state index in [1.807, 2.05) is 38.4 Å². The third-order valence-corrected chi connectivity index (χ3v) is 4.36. The number of ether oxygens (including phenoxy) is 1. The summed E-state index contributed by atoms with van der Waals surface area (Å²) in [6, 6.07) is 7.71. The molecular weight excluding hydrogens is 317 g/mol. The van der Waals surface area contributed by atoms with Crippen LogP contribution in [0.1, 0.15) is 16.1 Å². The van der Waals surface area contributed by atoms with Gasteiger partial charge in [0.2, 0.25) is 0 Å². The number of halogens is 2. The van der Waals surface area contributed by atoms with E-state index in [9.17, 15) is 4.79 Å². The van der Waals surface area contributed by atoms with Crippen molar-refractivity contribution >= 4 is 39.0 Å². The molecule has 110 valence electrons. The minimum absolute atomic E-state index is 0. The van der Waals surface area contributed by atoms with Gasteiger partial charge in [0, 0.05) is 16.6 Å². The topological polar surface area (TPSA) is 29.5 Å². The maximum absolute atomic E-state index is 12.0. The Morgan fingerprint density at radius 1 is 1.35 bits per heavy atom. The highest BCUT2D eigenvalue weighted by atomic mass is 35.5. The Balaban J connectivity index is 0.00000200. The molecule has 0 amide bonds. The fourth-order valence-electron chi connectivity index (χ4n) is 1.76. The second-order valence-electron chi connectivity index (χ2n) is 4.53. The van der Waals surface area contributed by atoms with E-state index >= 15 is 0 Å². The van der Waals surface area contributed by atoms with Gasteiger partial charge in [-0.1, -0.05) is 29.8 Å². The number of carbonyl (C=O) groups is 1. The van der Waals surface area contributed by atoms with Crippen molar-refractivity contribution in [2.24, 2.45) is 0 Å². The van der Waals surface area contributed by atoms with Crippen LogP contribution in [-0.4, -0.2) is 38.1 Å². The van der Waals surface area contributed by atoms with E-state index in [0.29, 0.717) is 16.5 Å². The van der Waals surface area contributed by atoms with Gasteiger partial charge in [-0.15, -0.1) is 11.3 Å². The van der Waals surface area contributed by atoms with Crippen LogP contribution < -0.4 is 12.4 Å². The summed E-state index contributed by atoms with van der Waals surface area (Å²) in [5.74, 6) is -0.329. The fourth-order valence-corrected chi connectivity index (χ4v) is 3.16. The van der Waals surface area contributed by atoms with Crippen LogP contribution in [0.3, 0.4) is 0 Å². The molecule has 0 saturated carbocycles. The maximum Gasteiger partial charge on any atom is 0.349 e. The number of hydrogen-bond donors (Lipinski definition) is 0. The molecule has 0 N–H and O–H groups in total. The van der Waals surface area contributed by atoms with Crippen LogP contribution in [0.5, 0.6) is 0 Å². The molecule has 0 aliphatic rings. The third kappa shape index (κ3) is 4.09. The predicted molar refractivity (Wildman–Crippen MR) is 80.3 cm³/mol. The van der Waals surface area contributed by atoms with Gasteiger partial charge in [0.25, 0.3) is 0 Å². The number of rotatable bonds is 5. The van der Waals surface area contributed by atoms with E-state index in [0.717, 1.165) is 23.1 Å². The summed E-state index contributed by atoms with van der Waals surface area (Å²) in [5, 5.41) is 1.41. The summed E-state index contributed by atoms with van der Waals surface area (Å²) < 4.78 is 6.26. The van der Waals surface area contributed by atoms with Gasteiger partial charge in [-0.05, 0) is 26.6 Å². The van der Waals surface area contributed by atoms with E-state index in [4.69, 9.17) is 16.3 Å². The summed E-state index contributed by atoms with van der Waals surface area (Å²) in [5.41, 5.74) is 0. The van der Waals surface area contributed by atoms with Crippen molar-refractivity contribution in [2.45, 2.75) is 6.42 Å². The molecule has 1 heterocycles. The molecule has 0 unspecified atom stereocenters. The number of esters is 1. The van der Waals surface area contributed by atoms with Gasteiger partial charge in [0.1, 0.15) is 4.88 Å². The van der Waals surface area contributed by atoms with Crippen LogP contribution in [0.25, 0.3) is 10.1 Å². The second-order valence-corrected chi connectivity index (χ2v) is 5.96. The van der Waals surface area contributed by atoms with Gasteiger partial charge >= 0.3 is 5.97 Å². The van der Waals surface area contributed by atoms with Crippen LogP contribution in [0, 0.1) is 0 Å². The lowest BCUT2D eigenvalue weighted by Gasteiger charge is -2.09. The number of thiophene rings is 1. The number of carbonyl (C=O) groups excluding carboxylic acids is 1. The Hall–Kier alpha value is -0.810. The number of hydrogen-bond acceptors (Lipinski definition) is 4.